The quantitative estimate of drug-likeness (QED) is 0.0364. The van der Waals surface area contributed by atoms with E-state index in [1.165, 1.54) is 231 Å². The Morgan fingerprint density at radius 2 is 0.702 bits per heavy atom. The SMILES string of the molecule is CCCCCCCCCCC/C=C\CCCCCCCCCC(=O)NC(CO)C(O)C(O)CCCCCCCCCCCCCCCCCCCCCCCCC. The lowest BCUT2D eigenvalue weighted by Crippen LogP contribution is -2.50. The molecule has 57 heavy (non-hydrogen) atoms. The van der Waals surface area contributed by atoms with Gasteiger partial charge in [-0.05, 0) is 38.5 Å². The number of allylic oxidation sites excluding steroid dienone is 2. The van der Waals surface area contributed by atoms with Gasteiger partial charge in [-0.3, -0.25) is 4.79 Å². The molecule has 0 aliphatic carbocycles. The third-order valence-electron chi connectivity index (χ3n) is 12.4. The second-order valence-corrected chi connectivity index (χ2v) is 18.1. The molecule has 0 saturated carbocycles. The van der Waals surface area contributed by atoms with E-state index in [1.54, 1.807) is 0 Å². The van der Waals surface area contributed by atoms with Crippen LogP contribution in [-0.2, 0) is 4.79 Å². The number of hydrogen-bond donors (Lipinski definition) is 4. The molecular weight excluding hydrogens is 703 g/mol. The van der Waals surface area contributed by atoms with Crippen molar-refractivity contribution in [3.63, 3.8) is 0 Å². The van der Waals surface area contributed by atoms with Crippen LogP contribution in [0.25, 0.3) is 0 Å². The first-order chi connectivity index (χ1) is 28.1. The standard InChI is InChI=1S/C52H103NO4/c1-3-5-7-9-11-13-15-17-19-21-23-25-26-27-28-30-32-34-36-38-40-42-44-46-50(55)52(57)49(48-54)53-51(56)47-45-43-41-39-37-35-33-31-29-24-22-20-18-16-14-12-10-8-6-4-2/h24,29,49-50,52,54-55,57H,3-23,25-28,30-48H2,1-2H3,(H,53,56)/b29-24-. The third-order valence-corrected chi connectivity index (χ3v) is 12.4. The minimum Gasteiger partial charge on any atom is -0.394 e. The largest absolute Gasteiger partial charge is 0.394 e. The first-order valence-corrected chi connectivity index (χ1v) is 26.0. The summed E-state index contributed by atoms with van der Waals surface area (Å²) >= 11 is 0. The van der Waals surface area contributed by atoms with Crippen LogP contribution in [-0.4, -0.2) is 46.1 Å². The van der Waals surface area contributed by atoms with Crippen LogP contribution in [0.3, 0.4) is 0 Å². The molecule has 3 unspecified atom stereocenters. The molecule has 0 aromatic carbocycles. The van der Waals surface area contributed by atoms with Crippen molar-refractivity contribution >= 4 is 5.91 Å². The molecule has 0 bridgehead atoms. The maximum Gasteiger partial charge on any atom is 0.220 e. The summed E-state index contributed by atoms with van der Waals surface area (Å²) in [4.78, 5) is 12.5. The predicted octanol–water partition coefficient (Wildman–Crippen LogP) is 15.6. The third kappa shape index (κ3) is 43.0. The van der Waals surface area contributed by atoms with Gasteiger partial charge in [0.1, 0.15) is 6.10 Å². The maximum atomic E-state index is 12.5. The Labute approximate surface area is 357 Å². The number of rotatable bonds is 48. The van der Waals surface area contributed by atoms with Crippen molar-refractivity contribution in [1.82, 2.24) is 5.32 Å². The Bertz CT molecular complexity index is 803. The van der Waals surface area contributed by atoms with Crippen molar-refractivity contribution in [1.29, 1.82) is 0 Å². The molecule has 0 aromatic rings. The second-order valence-electron chi connectivity index (χ2n) is 18.1. The van der Waals surface area contributed by atoms with Gasteiger partial charge in [-0.25, -0.2) is 0 Å². The van der Waals surface area contributed by atoms with E-state index in [2.05, 4.69) is 31.3 Å². The summed E-state index contributed by atoms with van der Waals surface area (Å²) in [5.41, 5.74) is 0. The van der Waals surface area contributed by atoms with Crippen LogP contribution in [0.15, 0.2) is 12.2 Å². The average molecular weight is 806 g/mol. The van der Waals surface area contributed by atoms with E-state index >= 15 is 0 Å². The highest BCUT2D eigenvalue weighted by Gasteiger charge is 2.26. The Hall–Kier alpha value is -0.910. The fourth-order valence-corrected chi connectivity index (χ4v) is 8.34. The molecule has 0 heterocycles. The molecule has 0 aromatic heterocycles. The zero-order valence-corrected chi connectivity index (χ0v) is 38.7. The van der Waals surface area contributed by atoms with Crippen molar-refractivity contribution in [3.8, 4) is 0 Å². The fraction of sp³-hybridized carbons (Fsp3) is 0.942. The molecule has 5 heteroatoms. The summed E-state index contributed by atoms with van der Waals surface area (Å²) in [5.74, 6) is -0.144. The summed E-state index contributed by atoms with van der Waals surface area (Å²) < 4.78 is 0. The minimum atomic E-state index is -1.14. The number of amides is 1. The monoisotopic (exact) mass is 806 g/mol. The van der Waals surface area contributed by atoms with Crippen LogP contribution in [0.2, 0.25) is 0 Å². The molecule has 1 amide bonds. The summed E-state index contributed by atoms with van der Waals surface area (Å²) in [6.07, 6.45) is 57.7. The van der Waals surface area contributed by atoms with Crippen molar-refractivity contribution in [2.75, 3.05) is 6.61 Å². The van der Waals surface area contributed by atoms with Crippen LogP contribution >= 0.6 is 0 Å². The van der Waals surface area contributed by atoms with Crippen LogP contribution in [0.5, 0.6) is 0 Å². The predicted molar refractivity (Wildman–Crippen MR) is 250 cm³/mol. The highest BCUT2D eigenvalue weighted by Crippen LogP contribution is 2.18. The van der Waals surface area contributed by atoms with Crippen LogP contribution in [0.4, 0.5) is 0 Å². The zero-order valence-electron chi connectivity index (χ0n) is 38.7. The molecule has 0 saturated heterocycles. The van der Waals surface area contributed by atoms with Gasteiger partial charge >= 0.3 is 0 Å². The van der Waals surface area contributed by atoms with Crippen LogP contribution in [0.1, 0.15) is 290 Å². The lowest BCUT2D eigenvalue weighted by molar-refractivity contribution is -0.124. The summed E-state index contributed by atoms with van der Waals surface area (Å²) in [5, 5.41) is 33.7. The molecule has 3 atom stereocenters. The van der Waals surface area contributed by atoms with E-state index in [1.807, 2.05) is 0 Å². The van der Waals surface area contributed by atoms with Gasteiger partial charge in [0.05, 0.1) is 18.8 Å². The number of carbonyl (C=O) groups is 1. The van der Waals surface area contributed by atoms with E-state index < -0.39 is 18.2 Å². The topological polar surface area (TPSA) is 89.8 Å². The molecule has 0 aliphatic rings. The molecule has 0 aliphatic heterocycles. The van der Waals surface area contributed by atoms with E-state index in [0.29, 0.717) is 12.8 Å². The van der Waals surface area contributed by atoms with Gasteiger partial charge in [-0.1, -0.05) is 257 Å². The van der Waals surface area contributed by atoms with Gasteiger partial charge in [0.15, 0.2) is 0 Å². The second kappa shape index (κ2) is 47.8. The van der Waals surface area contributed by atoms with Crippen molar-refractivity contribution in [2.45, 2.75) is 308 Å². The molecule has 0 rings (SSSR count). The van der Waals surface area contributed by atoms with Gasteiger partial charge < -0.3 is 20.6 Å². The molecule has 4 N–H and O–H groups in total. The lowest BCUT2D eigenvalue weighted by atomic mass is 9.99. The minimum absolute atomic E-state index is 0.144. The number of hydrogen-bond acceptors (Lipinski definition) is 4. The highest BCUT2D eigenvalue weighted by molar-refractivity contribution is 5.76. The number of nitrogens with one attached hydrogen (secondary N) is 1. The van der Waals surface area contributed by atoms with E-state index in [-0.39, 0.29) is 12.5 Å². The van der Waals surface area contributed by atoms with Gasteiger partial charge in [-0.2, -0.15) is 0 Å². The summed E-state index contributed by atoms with van der Waals surface area (Å²) in [6, 6.07) is -0.809. The van der Waals surface area contributed by atoms with Crippen molar-refractivity contribution in [3.05, 3.63) is 12.2 Å². The first kappa shape index (κ1) is 56.1. The molecule has 340 valence electrons. The Balaban J connectivity index is 3.55. The highest BCUT2D eigenvalue weighted by atomic mass is 16.3. The van der Waals surface area contributed by atoms with Gasteiger partial charge in [0.25, 0.3) is 0 Å². The zero-order chi connectivity index (χ0) is 41.5. The average Bonchev–Trinajstić information content (AvgIpc) is 3.22. The molecule has 5 nitrogen and oxygen atoms in total. The van der Waals surface area contributed by atoms with Crippen LogP contribution < -0.4 is 5.32 Å². The van der Waals surface area contributed by atoms with E-state index in [0.717, 1.165) is 32.1 Å². The van der Waals surface area contributed by atoms with E-state index in [4.69, 9.17) is 0 Å². The van der Waals surface area contributed by atoms with Crippen LogP contribution in [0, 0.1) is 0 Å². The maximum absolute atomic E-state index is 12.5. The van der Waals surface area contributed by atoms with Crippen molar-refractivity contribution in [2.24, 2.45) is 0 Å². The number of aliphatic hydroxyl groups is 3. The Morgan fingerprint density at radius 1 is 0.421 bits per heavy atom. The smallest absolute Gasteiger partial charge is 0.220 e. The molecule has 0 spiro atoms. The normalized spacial score (nSPS) is 13.4. The lowest BCUT2D eigenvalue weighted by Gasteiger charge is -2.26. The summed E-state index contributed by atoms with van der Waals surface area (Å²) in [6.45, 7) is 4.21. The molecular formula is C52H103NO4. The number of carbonyl (C=O) groups excluding carboxylic acids is 1. The van der Waals surface area contributed by atoms with Gasteiger partial charge in [0.2, 0.25) is 5.91 Å². The summed E-state index contributed by atoms with van der Waals surface area (Å²) in [7, 11) is 0. The molecule has 0 radical (unpaired) electrons. The van der Waals surface area contributed by atoms with Gasteiger partial charge in [0, 0.05) is 6.42 Å². The van der Waals surface area contributed by atoms with Crippen molar-refractivity contribution < 1.29 is 20.1 Å². The number of unbranched alkanes of at least 4 members (excludes halogenated alkanes) is 38. The van der Waals surface area contributed by atoms with Gasteiger partial charge in [-0.15, -0.1) is 0 Å². The van der Waals surface area contributed by atoms with E-state index in [9.17, 15) is 20.1 Å². The number of aliphatic hydroxyl groups excluding tert-OH is 3. The Morgan fingerprint density at radius 3 is 1.02 bits per heavy atom. The molecule has 0 fully saturated rings. The first-order valence-electron chi connectivity index (χ1n) is 26.0. The Kier molecular flexibility index (Phi) is 47.0. The fourth-order valence-electron chi connectivity index (χ4n) is 8.34.